The molecule has 0 spiro atoms. The normalized spacial score (nSPS) is 17.1. The Morgan fingerprint density at radius 2 is 2.24 bits per heavy atom. The van der Waals surface area contributed by atoms with E-state index in [1.165, 1.54) is 31.4 Å². The predicted octanol–water partition coefficient (Wildman–Crippen LogP) is 1.38. The fraction of sp³-hybridized carbons (Fsp3) is 0.769. The number of aryl methyl sites for hydroxylation is 1. The van der Waals surface area contributed by atoms with Gasteiger partial charge in [-0.3, -0.25) is 0 Å². The van der Waals surface area contributed by atoms with E-state index in [0.717, 1.165) is 25.7 Å². The van der Waals surface area contributed by atoms with Crippen LogP contribution in [0.4, 0.5) is 0 Å². The molecule has 0 saturated heterocycles. The van der Waals surface area contributed by atoms with Gasteiger partial charge < -0.3 is 14.8 Å². The monoisotopic (exact) mass is 236 g/mol. The van der Waals surface area contributed by atoms with Gasteiger partial charge in [-0.05, 0) is 19.9 Å². The Balaban J connectivity index is 1.61. The van der Waals surface area contributed by atoms with Gasteiger partial charge in [0, 0.05) is 38.9 Å². The number of rotatable bonds is 6. The molecule has 1 aromatic heterocycles. The van der Waals surface area contributed by atoms with E-state index in [2.05, 4.69) is 26.8 Å². The molecule has 96 valence electrons. The van der Waals surface area contributed by atoms with Gasteiger partial charge in [0.25, 0.3) is 0 Å². The van der Waals surface area contributed by atoms with Gasteiger partial charge in [0.15, 0.2) is 0 Å². The molecule has 0 aromatic carbocycles. The van der Waals surface area contributed by atoms with E-state index in [1.54, 1.807) is 0 Å². The van der Waals surface area contributed by atoms with E-state index in [-0.39, 0.29) is 0 Å². The maximum atomic E-state index is 4.11. The van der Waals surface area contributed by atoms with Crippen molar-refractivity contribution in [3.63, 3.8) is 0 Å². The molecule has 1 aliphatic carbocycles. The second kappa shape index (κ2) is 6.17. The van der Waals surface area contributed by atoms with Crippen molar-refractivity contribution in [2.24, 2.45) is 7.05 Å². The molecule has 0 atom stereocenters. The van der Waals surface area contributed by atoms with Crippen LogP contribution in [0.5, 0.6) is 0 Å². The third kappa shape index (κ3) is 3.54. The molecule has 1 saturated carbocycles. The highest BCUT2D eigenvalue weighted by Gasteiger charge is 2.18. The van der Waals surface area contributed by atoms with Gasteiger partial charge in [0.1, 0.15) is 0 Å². The lowest BCUT2D eigenvalue weighted by atomic mass is 10.2. The smallest absolute Gasteiger partial charge is 0.0945 e. The zero-order chi connectivity index (χ0) is 12.1. The first-order chi connectivity index (χ1) is 8.27. The number of hydrogen-bond acceptors (Lipinski definition) is 3. The first kappa shape index (κ1) is 12.6. The zero-order valence-corrected chi connectivity index (χ0v) is 11.0. The van der Waals surface area contributed by atoms with Crippen LogP contribution in [-0.4, -0.2) is 40.6 Å². The number of imidazole rings is 1. The fourth-order valence-electron chi connectivity index (χ4n) is 2.55. The van der Waals surface area contributed by atoms with E-state index >= 15 is 0 Å². The van der Waals surface area contributed by atoms with Crippen LogP contribution in [0.25, 0.3) is 0 Å². The van der Waals surface area contributed by atoms with E-state index in [4.69, 9.17) is 0 Å². The molecule has 0 unspecified atom stereocenters. The highest BCUT2D eigenvalue weighted by atomic mass is 15.1. The summed E-state index contributed by atoms with van der Waals surface area (Å²) in [5.74, 6) is 0. The summed E-state index contributed by atoms with van der Waals surface area (Å²) in [5, 5.41) is 3.48. The highest BCUT2D eigenvalue weighted by Crippen LogP contribution is 2.21. The molecule has 4 heteroatoms. The van der Waals surface area contributed by atoms with Crippen LogP contribution in [0.3, 0.4) is 0 Å². The standard InChI is InChI=1S/C13H24N4/c1-16(12-5-3-4-6-12)8-7-14-9-13-10-15-11-17(13)2/h10-12,14H,3-9H2,1-2H3. The van der Waals surface area contributed by atoms with Gasteiger partial charge in [-0.1, -0.05) is 12.8 Å². The summed E-state index contributed by atoms with van der Waals surface area (Å²) in [6.45, 7) is 3.11. The quantitative estimate of drug-likeness (QED) is 0.758. The molecule has 1 aromatic rings. The first-order valence-corrected chi connectivity index (χ1v) is 6.63. The van der Waals surface area contributed by atoms with Gasteiger partial charge in [-0.25, -0.2) is 4.98 Å². The molecule has 0 amide bonds. The lowest BCUT2D eigenvalue weighted by molar-refractivity contribution is 0.245. The second-order valence-corrected chi connectivity index (χ2v) is 5.09. The van der Waals surface area contributed by atoms with Gasteiger partial charge in [0.2, 0.25) is 0 Å². The molecule has 0 radical (unpaired) electrons. The average Bonchev–Trinajstić information content (AvgIpc) is 2.96. The molecule has 1 heterocycles. The van der Waals surface area contributed by atoms with Crippen molar-refractivity contribution in [2.75, 3.05) is 20.1 Å². The summed E-state index contributed by atoms with van der Waals surface area (Å²) in [6, 6.07) is 0.827. The fourth-order valence-corrected chi connectivity index (χ4v) is 2.55. The van der Waals surface area contributed by atoms with Crippen LogP contribution in [0.15, 0.2) is 12.5 Å². The average molecular weight is 236 g/mol. The molecule has 0 bridgehead atoms. The van der Waals surface area contributed by atoms with E-state index in [0.29, 0.717) is 0 Å². The summed E-state index contributed by atoms with van der Waals surface area (Å²) in [4.78, 5) is 6.61. The van der Waals surface area contributed by atoms with Crippen molar-refractivity contribution >= 4 is 0 Å². The van der Waals surface area contributed by atoms with Crippen LogP contribution in [-0.2, 0) is 13.6 Å². The summed E-state index contributed by atoms with van der Waals surface area (Å²) in [5.41, 5.74) is 1.24. The third-order valence-electron chi connectivity index (χ3n) is 3.81. The zero-order valence-electron chi connectivity index (χ0n) is 11.0. The molecular formula is C13H24N4. The number of nitrogens with one attached hydrogen (secondary N) is 1. The van der Waals surface area contributed by atoms with Crippen molar-refractivity contribution in [2.45, 2.75) is 38.3 Å². The Labute approximate surface area is 104 Å². The third-order valence-corrected chi connectivity index (χ3v) is 3.81. The van der Waals surface area contributed by atoms with Crippen molar-refractivity contribution in [3.8, 4) is 0 Å². The number of hydrogen-bond donors (Lipinski definition) is 1. The van der Waals surface area contributed by atoms with Crippen molar-refractivity contribution in [1.82, 2.24) is 19.8 Å². The van der Waals surface area contributed by atoms with Crippen LogP contribution < -0.4 is 5.32 Å². The van der Waals surface area contributed by atoms with Crippen LogP contribution >= 0.6 is 0 Å². The SMILES string of the molecule is CN(CCNCc1cncn1C)C1CCCC1. The van der Waals surface area contributed by atoms with Crippen LogP contribution in [0.1, 0.15) is 31.4 Å². The Morgan fingerprint density at radius 1 is 1.47 bits per heavy atom. The highest BCUT2D eigenvalue weighted by molar-refractivity contribution is 4.96. The minimum Gasteiger partial charge on any atom is -0.337 e. The molecule has 2 rings (SSSR count). The van der Waals surface area contributed by atoms with Crippen molar-refractivity contribution < 1.29 is 0 Å². The van der Waals surface area contributed by atoms with Crippen LogP contribution in [0.2, 0.25) is 0 Å². The predicted molar refractivity (Wildman–Crippen MR) is 69.8 cm³/mol. The van der Waals surface area contributed by atoms with Crippen LogP contribution in [0, 0.1) is 0 Å². The summed E-state index contributed by atoms with van der Waals surface area (Å²) >= 11 is 0. The van der Waals surface area contributed by atoms with Gasteiger partial charge >= 0.3 is 0 Å². The Bertz CT molecular complexity index is 328. The summed E-state index contributed by atoms with van der Waals surface area (Å²) in [7, 11) is 4.29. The number of aromatic nitrogens is 2. The van der Waals surface area contributed by atoms with E-state index in [9.17, 15) is 0 Å². The minimum absolute atomic E-state index is 0.827. The largest absolute Gasteiger partial charge is 0.337 e. The van der Waals surface area contributed by atoms with Gasteiger partial charge in [0.05, 0.1) is 12.0 Å². The summed E-state index contributed by atoms with van der Waals surface area (Å²) in [6.07, 6.45) is 9.38. The Morgan fingerprint density at radius 3 is 2.88 bits per heavy atom. The van der Waals surface area contributed by atoms with Crippen molar-refractivity contribution in [3.05, 3.63) is 18.2 Å². The lowest BCUT2D eigenvalue weighted by Gasteiger charge is -2.23. The minimum atomic E-state index is 0.827. The molecule has 17 heavy (non-hydrogen) atoms. The maximum absolute atomic E-state index is 4.11. The van der Waals surface area contributed by atoms with Gasteiger partial charge in [-0.2, -0.15) is 0 Å². The molecule has 1 N–H and O–H groups in total. The molecule has 4 nitrogen and oxygen atoms in total. The molecular weight excluding hydrogens is 212 g/mol. The van der Waals surface area contributed by atoms with E-state index in [1.807, 2.05) is 19.6 Å². The topological polar surface area (TPSA) is 33.1 Å². The maximum Gasteiger partial charge on any atom is 0.0945 e. The second-order valence-electron chi connectivity index (χ2n) is 5.09. The summed E-state index contributed by atoms with van der Waals surface area (Å²) < 4.78 is 2.06. The first-order valence-electron chi connectivity index (χ1n) is 6.63. The van der Waals surface area contributed by atoms with Crippen molar-refractivity contribution in [1.29, 1.82) is 0 Å². The Kier molecular flexibility index (Phi) is 4.57. The van der Waals surface area contributed by atoms with Gasteiger partial charge in [-0.15, -0.1) is 0 Å². The van der Waals surface area contributed by atoms with E-state index < -0.39 is 0 Å². The Hall–Kier alpha value is -0.870. The lowest BCUT2D eigenvalue weighted by Crippen LogP contribution is -2.35. The molecule has 1 fully saturated rings. The number of nitrogens with zero attached hydrogens (tertiary/aromatic N) is 3. The molecule has 0 aliphatic heterocycles. The molecule has 1 aliphatic rings. The number of likely N-dealkylation sites (N-methyl/N-ethyl adjacent to an activating group) is 1.